The summed E-state index contributed by atoms with van der Waals surface area (Å²) >= 11 is 0. The summed E-state index contributed by atoms with van der Waals surface area (Å²) in [7, 11) is 0. The van der Waals surface area contributed by atoms with Gasteiger partial charge in [-0.2, -0.15) is 0 Å². The summed E-state index contributed by atoms with van der Waals surface area (Å²) in [6.07, 6.45) is 5.00. The number of nitrogens with one attached hydrogen (secondary N) is 1. The van der Waals surface area contributed by atoms with Crippen LogP contribution < -0.4 is 5.32 Å². The van der Waals surface area contributed by atoms with Crippen LogP contribution >= 0.6 is 0 Å². The fraction of sp³-hybridized carbons (Fsp3) is 0.611. The van der Waals surface area contributed by atoms with Crippen molar-refractivity contribution in [1.82, 2.24) is 5.32 Å². The number of carbonyl (C=O) groups is 1. The van der Waals surface area contributed by atoms with Gasteiger partial charge >= 0.3 is 0 Å². The van der Waals surface area contributed by atoms with Crippen LogP contribution in [0.1, 0.15) is 44.6 Å². The number of rotatable bonds is 6. The molecule has 1 saturated carbocycles. The molecule has 0 aliphatic heterocycles. The van der Waals surface area contributed by atoms with E-state index in [9.17, 15) is 14.3 Å². The van der Waals surface area contributed by atoms with Crippen LogP contribution in [0.15, 0.2) is 24.3 Å². The Morgan fingerprint density at radius 1 is 1.45 bits per heavy atom. The van der Waals surface area contributed by atoms with E-state index in [1.807, 2.05) is 13.0 Å². The third-order valence-corrected chi connectivity index (χ3v) is 4.52. The summed E-state index contributed by atoms with van der Waals surface area (Å²) in [6.45, 7) is 2.56. The van der Waals surface area contributed by atoms with Gasteiger partial charge in [0, 0.05) is 12.5 Å². The molecule has 3 atom stereocenters. The number of amides is 1. The fourth-order valence-corrected chi connectivity index (χ4v) is 3.07. The maximum absolute atomic E-state index is 13.1. The average Bonchev–Trinajstić information content (AvgIpc) is 2.50. The summed E-state index contributed by atoms with van der Waals surface area (Å²) < 4.78 is 13.1. The summed E-state index contributed by atoms with van der Waals surface area (Å²) in [5.41, 5.74) is 0.926. The van der Waals surface area contributed by atoms with Gasteiger partial charge in [0.25, 0.3) is 0 Å². The highest BCUT2D eigenvalue weighted by molar-refractivity contribution is 5.78. The molecule has 1 aliphatic rings. The highest BCUT2D eigenvalue weighted by Gasteiger charge is 2.21. The van der Waals surface area contributed by atoms with Crippen LogP contribution in [0.25, 0.3) is 0 Å². The van der Waals surface area contributed by atoms with Crippen LogP contribution in [0.3, 0.4) is 0 Å². The molecule has 0 radical (unpaired) electrons. The van der Waals surface area contributed by atoms with Crippen molar-refractivity contribution in [2.45, 2.75) is 51.6 Å². The molecule has 0 saturated heterocycles. The molecule has 3 nitrogen and oxygen atoms in total. The van der Waals surface area contributed by atoms with Crippen LogP contribution in [0.2, 0.25) is 0 Å². The molecule has 1 aromatic rings. The van der Waals surface area contributed by atoms with Crippen LogP contribution in [0, 0.1) is 17.7 Å². The van der Waals surface area contributed by atoms with Crippen molar-refractivity contribution in [1.29, 1.82) is 0 Å². The maximum atomic E-state index is 13.1. The Hall–Kier alpha value is -1.42. The molecular formula is C18H26FNO2. The molecule has 0 spiro atoms. The fourth-order valence-electron chi connectivity index (χ4n) is 3.07. The van der Waals surface area contributed by atoms with Crippen LogP contribution in [-0.4, -0.2) is 23.7 Å². The first kappa shape index (κ1) is 16.9. The van der Waals surface area contributed by atoms with Crippen molar-refractivity contribution in [2.24, 2.45) is 11.8 Å². The zero-order valence-electron chi connectivity index (χ0n) is 13.2. The monoisotopic (exact) mass is 307 g/mol. The molecule has 1 aliphatic carbocycles. The Bertz CT molecular complexity index is 492. The first-order chi connectivity index (χ1) is 10.5. The summed E-state index contributed by atoms with van der Waals surface area (Å²) in [5.74, 6) is 0.127. The topological polar surface area (TPSA) is 49.3 Å². The van der Waals surface area contributed by atoms with E-state index in [-0.39, 0.29) is 23.7 Å². The smallest absolute Gasteiger partial charge is 0.222 e. The average molecular weight is 307 g/mol. The highest BCUT2D eigenvalue weighted by Crippen LogP contribution is 2.23. The molecule has 3 unspecified atom stereocenters. The van der Waals surface area contributed by atoms with E-state index < -0.39 is 0 Å². The zero-order chi connectivity index (χ0) is 15.9. The van der Waals surface area contributed by atoms with Gasteiger partial charge in [0.05, 0.1) is 6.10 Å². The minimum absolute atomic E-state index is 0.0523. The Kier molecular flexibility index (Phi) is 6.37. The first-order valence-corrected chi connectivity index (χ1v) is 8.25. The molecule has 0 bridgehead atoms. The number of aryl methyl sites for hydroxylation is 1. The summed E-state index contributed by atoms with van der Waals surface area (Å²) in [6, 6.07) is 6.53. The second-order valence-corrected chi connectivity index (χ2v) is 6.50. The van der Waals surface area contributed by atoms with Gasteiger partial charge in [-0.1, -0.05) is 25.5 Å². The van der Waals surface area contributed by atoms with Gasteiger partial charge < -0.3 is 10.4 Å². The van der Waals surface area contributed by atoms with Crippen molar-refractivity contribution in [3.63, 3.8) is 0 Å². The lowest BCUT2D eigenvalue weighted by atomic mass is 9.87. The van der Waals surface area contributed by atoms with Crippen molar-refractivity contribution in [2.75, 3.05) is 6.54 Å². The second kappa shape index (κ2) is 8.28. The molecule has 1 aromatic carbocycles. The summed E-state index contributed by atoms with van der Waals surface area (Å²) in [4.78, 5) is 12.1. The molecule has 0 aromatic heterocycles. The van der Waals surface area contributed by atoms with Gasteiger partial charge in [-0.25, -0.2) is 4.39 Å². The van der Waals surface area contributed by atoms with Crippen molar-refractivity contribution in [3.8, 4) is 0 Å². The lowest BCUT2D eigenvalue weighted by Crippen LogP contribution is -2.35. The maximum Gasteiger partial charge on any atom is 0.222 e. The number of hydrogen-bond acceptors (Lipinski definition) is 2. The van der Waals surface area contributed by atoms with E-state index in [0.717, 1.165) is 31.2 Å². The molecular weight excluding hydrogens is 281 g/mol. The number of carbonyl (C=O) groups excluding carboxylic acids is 1. The minimum atomic E-state index is -0.231. The molecule has 2 N–H and O–H groups in total. The zero-order valence-corrected chi connectivity index (χ0v) is 13.2. The van der Waals surface area contributed by atoms with E-state index >= 15 is 0 Å². The third kappa shape index (κ3) is 5.41. The molecule has 4 heteroatoms. The largest absolute Gasteiger partial charge is 0.393 e. The van der Waals surface area contributed by atoms with Crippen LogP contribution in [0.5, 0.6) is 0 Å². The first-order valence-electron chi connectivity index (χ1n) is 8.25. The van der Waals surface area contributed by atoms with Gasteiger partial charge in [0.15, 0.2) is 0 Å². The standard InChI is InChI=1S/C18H26FNO2/c1-13(8-9-14-4-2-6-16(19)10-14)18(22)20-12-15-5-3-7-17(21)11-15/h2,4,6,10,13,15,17,21H,3,5,7-9,11-12H2,1H3,(H,20,22). The predicted octanol–water partition coefficient (Wildman–Crippen LogP) is 3.06. The molecule has 122 valence electrons. The van der Waals surface area contributed by atoms with Crippen LogP contribution in [0.4, 0.5) is 4.39 Å². The van der Waals surface area contributed by atoms with E-state index in [1.54, 1.807) is 6.07 Å². The normalized spacial score (nSPS) is 23.0. The lowest BCUT2D eigenvalue weighted by Gasteiger charge is -2.26. The van der Waals surface area contributed by atoms with Crippen molar-refractivity contribution in [3.05, 3.63) is 35.6 Å². The van der Waals surface area contributed by atoms with E-state index in [0.29, 0.717) is 25.3 Å². The Labute approximate surface area is 131 Å². The van der Waals surface area contributed by atoms with Crippen molar-refractivity contribution < 1.29 is 14.3 Å². The van der Waals surface area contributed by atoms with Crippen LogP contribution in [-0.2, 0) is 11.2 Å². The highest BCUT2D eigenvalue weighted by atomic mass is 19.1. The van der Waals surface area contributed by atoms with E-state index in [4.69, 9.17) is 0 Å². The van der Waals surface area contributed by atoms with E-state index in [1.165, 1.54) is 12.1 Å². The SMILES string of the molecule is CC(CCc1cccc(F)c1)C(=O)NCC1CCCC(O)C1. The van der Waals surface area contributed by atoms with E-state index in [2.05, 4.69) is 5.32 Å². The number of halogens is 1. The predicted molar refractivity (Wildman–Crippen MR) is 84.9 cm³/mol. The van der Waals surface area contributed by atoms with Gasteiger partial charge in [-0.15, -0.1) is 0 Å². The second-order valence-electron chi connectivity index (χ2n) is 6.50. The summed E-state index contributed by atoms with van der Waals surface area (Å²) in [5, 5.41) is 12.6. The van der Waals surface area contributed by atoms with Gasteiger partial charge in [-0.05, 0) is 55.7 Å². The van der Waals surface area contributed by atoms with Crippen molar-refractivity contribution >= 4 is 5.91 Å². The van der Waals surface area contributed by atoms with Gasteiger partial charge in [0.1, 0.15) is 5.82 Å². The third-order valence-electron chi connectivity index (χ3n) is 4.52. The molecule has 1 fully saturated rings. The number of benzene rings is 1. The molecule has 2 rings (SSSR count). The number of aliphatic hydroxyl groups is 1. The Balaban J connectivity index is 1.70. The number of hydrogen-bond donors (Lipinski definition) is 2. The molecule has 1 amide bonds. The Morgan fingerprint density at radius 2 is 2.27 bits per heavy atom. The van der Waals surface area contributed by atoms with Gasteiger partial charge in [-0.3, -0.25) is 4.79 Å². The molecule has 22 heavy (non-hydrogen) atoms. The lowest BCUT2D eigenvalue weighted by molar-refractivity contribution is -0.125. The van der Waals surface area contributed by atoms with Gasteiger partial charge in [0.2, 0.25) is 5.91 Å². The minimum Gasteiger partial charge on any atom is -0.393 e. The quantitative estimate of drug-likeness (QED) is 0.848. The molecule has 0 heterocycles. The number of aliphatic hydroxyl groups excluding tert-OH is 1. The Morgan fingerprint density at radius 3 is 3.00 bits per heavy atom.